The Balaban J connectivity index is 1.59. The summed E-state index contributed by atoms with van der Waals surface area (Å²) in [4.78, 5) is 9.50. The van der Waals surface area contributed by atoms with Crippen LogP contribution in [0.1, 0.15) is 61.3 Å². The Morgan fingerprint density at radius 1 is 0.875 bits per heavy atom. The Morgan fingerprint density at radius 3 is 2.25 bits per heavy atom. The van der Waals surface area contributed by atoms with E-state index >= 15 is 0 Å². The lowest BCUT2D eigenvalue weighted by Gasteiger charge is -2.15. The molecule has 1 heterocycles. The molecule has 24 heavy (non-hydrogen) atoms. The average Bonchev–Trinajstić information content (AvgIpc) is 3.25. The molecule has 4 nitrogen and oxygen atoms in total. The predicted molar refractivity (Wildman–Crippen MR) is 99.1 cm³/mol. The van der Waals surface area contributed by atoms with Crippen LogP contribution in [0.3, 0.4) is 0 Å². The quantitative estimate of drug-likeness (QED) is 0.807. The highest BCUT2D eigenvalue weighted by atomic mass is 15.2. The number of hydrogen-bond acceptors (Lipinski definition) is 4. The first-order valence-corrected chi connectivity index (χ1v) is 9.16. The number of benzene rings is 1. The number of aromatic nitrogens is 2. The summed E-state index contributed by atoms with van der Waals surface area (Å²) in [6, 6.07) is 9.17. The number of hydrogen-bond donors (Lipinski definition) is 2. The molecule has 0 bridgehead atoms. The van der Waals surface area contributed by atoms with Gasteiger partial charge in [-0.2, -0.15) is 4.98 Å². The minimum Gasteiger partial charge on any atom is -0.351 e. The molecule has 2 saturated carbocycles. The van der Waals surface area contributed by atoms with Crippen molar-refractivity contribution in [1.29, 1.82) is 0 Å². The summed E-state index contributed by atoms with van der Waals surface area (Å²) < 4.78 is 0. The van der Waals surface area contributed by atoms with Gasteiger partial charge in [-0.3, -0.25) is 0 Å². The summed E-state index contributed by atoms with van der Waals surface area (Å²) in [7, 11) is 0. The molecule has 4 heteroatoms. The maximum Gasteiger partial charge on any atom is 0.225 e. The van der Waals surface area contributed by atoms with Crippen molar-refractivity contribution in [2.24, 2.45) is 0 Å². The minimum absolute atomic E-state index is 0.536. The van der Waals surface area contributed by atoms with E-state index in [1.807, 2.05) is 0 Å². The van der Waals surface area contributed by atoms with Crippen molar-refractivity contribution in [2.45, 2.75) is 64.3 Å². The van der Waals surface area contributed by atoms with E-state index in [0.717, 1.165) is 17.5 Å². The Kier molecular flexibility index (Phi) is 4.13. The highest BCUT2D eigenvalue weighted by Gasteiger charge is 2.26. The molecule has 2 aromatic rings. The lowest BCUT2D eigenvalue weighted by molar-refractivity contribution is 0.742. The second-order valence-electron chi connectivity index (χ2n) is 7.40. The molecule has 0 radical (unpaired) electrons. The van der Waals surface area contributed by atoms with E-state index in [1.54, 1.807) is 0 Å². The summed E-state index contributed by atoms with van der Waals surface area (Å²) in [6.45, 7) is 4.25. The molecule has 2 N–H and O–H groups in total. The lowest BCUT2D eigenvalue weighted by atomic mass is 10.1. The highest BCUT2D eigenvalue weighted by molar-refractivity contribution is 5.60. The number of anilines is 3. The summed E-state index contributed by atoms with van der Waals surface area (Å²) in [5.41, 5.74) is 4.80. The number of nitrogens with one attached hydrogen (secondary N) is 2. The fraction of sp³-hybridized carbons (Fsp3) is 0.500. The van der Waals surface area contributed by atoms with E-state index < -0.39 is 0 Å². The Labute approximate surface area is 144 Å². The van der Waals surface area contributed by atoms with Gasteiger partial charge in [0.25, 0.3) is 0 Å². The molecule has 126 valence electrons. The summed E-state index contributed by atoms with van der Waals surface area (Å²) >= 11 is 0. The zero-order valence-corrected chi connectivity index (χ0v) is 14.6. The number of aryl methyl sites for hydroxylation is 2. The summed E-state index contributed by atoms with van der Waals surface area (Å²) in [5.74, 6) is 2.31. The molecule has 1 aromatic heterocycles. The van der Waals surface area contributed by atoms with Crippen LogP contribution in [-0.4, -0.2) is 16.0 Å². The largest absolute Gasteiger partial charge is 0.351 e. The number of rotatable bonds is 5. The van der Waals surface area contributed by atoms with Crippen LogP contribution in [0.4, 0.5) is 17.5 Å². The third-order valence-corrected chi connectivity index (χ3v) is 4.92. The van der Waals surface area contributed by atoms with Gasteiger partial charge in [0.05, 0.1) is 5.69 Å². The van der Waals surface area contributed by atoms with Crippen molar-refractivity contribution in [1.82, 2.24) is 9.97 Å². The zero-order valence-electron chi connectivity index (χ0n) is 14.6. The summed E-state index contributed by atoms with van der Waals surface area (Å²) in [6.07, 6.45) is 7.60. The maximum absolute atomic E-state index is 4.77. The first-order chi connectivity index (χ1) is 11.7. The first kappa shape index (κ1) is 15.4. The highest BCUT2D eigenvalue weighted by Crippen LogP contribution is 2.40. The number of nitrogens with zero attached hydrogens (tertiary/aromatic N) is 2. The smallest absolute Gasteiger partial charge is 0.225 e. The van der Waals surface area contributed by atoms with Crippen molar-refractivity contribution in [3.05, 3.63) is 41.1 Å². The second-order valence-corrected chi connectivity index (χ2v) is 7.40. The van der Waals surface area contributed by atoms with Crippen LogP contribution >= 0.6 is 0 Å². The molecule has 2 fully saturated rings. The van der Waals surface area contributed by atoms with Crippen molar-refractivity contribution in [3.63, 3.8) is 0 Å². The second kappa shape index (κ2) is 6.42. The van der Waals surface area contributed by atoms with E-state index in [-0.39, 0.29) is 0 Å². The fourth-order valence-electron chi connectivity index (χ4n) is 3.63. The zero-order chi connectivity index (χ0) is 16.5. The molecule has 0 amide bonds. The van der Waals surface area contributed by atoms with Crippen LogP contribution in [-0.2, 0) is 0 Å². The SMILES string of the molecule is Cc1cc(C)cc(Nc2cc(C3CC3)nc(NC3CCCC3)n2)c1. The third-order valence-electron chi connectivity index (χ3n) is 4.92. The third kappa shape index (κ3) is 3.69. The Morgan fingerprint density at radius 2 is 1.58 bits per heavy atom. The summed E-state index contributed by atoms with van der Waals surface area (Å²) in [5, 5.41) is 7.03. The van der Waals surface area contributed by atoms with Gasteiger partial charge < -0.3 is 10.6 Å². The molecule has 0 unspecified atom stereocenters. The molecule has 0 spiro atoms. The molecule has 2 aliphatic carbocycles. The monoisotopic (exact) mass is 322 g/mol. The maximum atomic E-state index is 4.77. The van der Waals surface area contributed by atoms with Gasteiger partial charge in [0.15, 0.2) is 0 Å². The normalized spacial score (nSPS) is 17.9. The van der Waals surface area contributed by atoms with E-state index in [9.17, 15) is 0 Å². The Bertz CT molecular complexity index is 710. The van der Waals surface area contributed by atoms with Crippen LogP contribution in [0.15, 0.2) is 24.3 Å². The molecular weight excluding hydrogens is 296 g/mol. The van der Waals surface area contributed by atoms with Gasteiger partial charge in [0, 0.05) is 23.7 Å². The molecule has 0 saturated heterocycles. The molecular formula is C20H26N4. The van der Waals surface area contributed by atoms with Gasteiger partial charge in [-0.05, 0) is 62.8 Å². The van der Waals surface area contributed by atoms with Gasteiger partial charge in [-0.1, -0.05) is 18.9 Å². The van der Waals surface area contributed by atoms with Crippen LogP contribution in [0, 0.1) is 13.8 Å². The molecule has 0 aliphatic heterocycles. The molecule has 0 atom stereocenters. The van der Waals surface area contributed by atoms with Gasteiger partial charge in [-0.25, -0.2) is 4.98 Å². The van der Waals surface area contributed by atoms with E-state index in [4.69, 9.17) is 9.97 Å². The average molecular weight is 322 g/mol. The van der Waals surface area contributed by atoms with Crippen molar-refractivity contribution < 1.29 is 0 Å². The lowest BCUT2D eigenvalue weighted by Crippen LogP contribution is -2.17. The first-order valence-electron chi connectivity index (χ1n) is 9.16. The van der Waals surface area contributed by atoms with Crippen molar-refractivity contribution in [3.8, 4) is 0 Å². The fourth-order valence-corrected chi connectivity index (χ4v) is 3.63. The van der Waals surface area contributed by atoms with Gasteiger partial charge in [0.2, 0.25) is 5.95 Å². The van der Waals surface area contributed by atoms with E-state index in [2.05, 4.69) is 48.7 Å². The van der Waals surface area contributed by atoms with Crippen LogP contribution < -0.4 is 10.6 Å². The molecule has 2 aliphatic rings. The van der Waals surface area contributed by atoms with Crippen molar-refractivity contribution >= 4 is 17.5 Å². The minimum atomic E-state index is 0.536. The van der Waals surface area contributed by atoms with Crippen molar-refractivity contribution in [2.75, 3.05) is 10.6 Å². The van der Waals surface area contributed by atoms with E-state index in [0.29, 0.717) is 12.0 Å². The Hall–Kier alpha value is -2.10. The predicted octanol–water partition coefficient (Wildman–Crippen LogP) is 5.07. The standard InChI is InChI=1S/C20H26N4/c1-13-9-14(2)11-17(10-13)21-19-12-18(15-7-8-15)23-20(24-19)22-16-5-3-4-6-16/h9-12,15-16H,3-8H2,1-2H3,(H2,21,22,23,24). The van der Waals surface area contributed by atoms with Crippen LogP contribution in [0.5, 0.6) is 0 Å². The van der Waals surface area contributed by atoms with E-state index in [1.165, 1.54) is 55.3 Å². The van der Waals surface area contributed by atoms with Gasteiger partial charge in [0.1, 0.15) is 5.82 Å². The molecule has 4 rings (SSSR count). The van der Waals surface area contributed by atoms with Gasteiger partial charge in [-0.15, -0.1) is 0 Å². The topological polar surface area (TPSA) is 49.8 Å². The van der Waals surface area contributed by atoms with Gasteiger partial charge >= 0.3 is 0 Å². The van der Waals surface area contributed by atoms with Crippen LogP contribution in [0.25, 0.3) is 0 Å². The van der Waals surface area contributed by atoms with Crippen LogP contribution in [0.2, 0.25) is 0 Å². The molecule has 1 aromatic carbocycles.